The summed E-state index contributed by atoms with van der Waals surface area (Å²) in [6, 6.07) is 15.1. The van der Waals surface area contributed by atoms with Crippen LogP contribution in [-0.4, -0.2) is 36.6 Å². The lowest BCUT2D eigenvalue weighted by Crippen LogP contribution is -2.37. The van der Waals surface area contributed by atoms with Crippen LogP contribution in [0.5, 0.6) is 0 Å². The fourth-order valence-electron chi connectivity index (χ4n) is 3.14. The van der Waals surface area contributed by atoms with Crippen LogP contribution in [-0.2, 0) is 14.3 Å². The summed E-state index contributed by atoms with van der Waals surface area (Å²) in [4.78, 5) is 39.2. The third-order valence-electron chi connectivity index (χ3n) is 5.13. The lowest BCUT2D eigenvalue weighted by Gasteiger charge is -2.28. The molecule has 0 fully saturated rings. The SMILES string of the molecule is CC[C@H](C)c1ccc(C(=O)COC(=O)CCN2C(=O)CSc3ccccc32)cc1. The molecule has 29 heavy (non-hydrogen) atoms. The molecule has 0 saturated heterocycles. The Hall–Kier alpha value is -2.60. The molecule has 2 aromatic rings. The van der Waals surface area contributed by atoms with Crippen molar-refractivity contribution in [2.24, 2.45) is 0 Å². The highest BCUT2D eigenvalue weighted by Crippen LogP contribution is 2.34. The van der Waals surface area contributed by atoms with Gasteiger partial charge in [0, 0.05) is 17.0 Å². The van der Waals surface area contributed by atoms with E-state index in [0.717, 1.165) is 17.0 Å². The van der Waals surface area contributed by atoms with Crippen molar-refractivity contribution in [3.8, 4) is 0 Å². The molecule has 6 heteroatoms. The molecule has 1 amide bonds. The lowest BCUT2D eigenvalue weighted by molar-refractivity contribution is -0.142. The summed E-state index contributed by atoms with van der Waals surface area (Å²) in [6.07, 6.45) is 1.08. The van der Waals surface area contributed by atoms with Gasteiger partial charge in [0.05, 0.1) is 17.9 Å². The maximum Gasteiger partial charge on any atom is 0.308 e. The molecule has 0 spiro atoms. The van der Waals surface area contributed by atoms with Gasteiger partial charge in [-0.3, -0.25) is 14.4 Å². The number of carbonyl (C=O) groups excluding carboxylic acids is 3. The molecule has 0 N–H and O–H groups in total. The van der Waals surface area contributed by atoms with Crippen LogP contribution in [0.25, 0.3) is 0 Å². The van der Waals surface area contributed by atoms with Crippen LogP contribution in [0.4, 0.5) is 5.69 Å². The van der Waals surface area contributed by atoms with Crippen LogP contribution in [0.2, 0.25) is 0 Å². The van der Waals surface area contributed by atoms with Crippen molar-refractivity contribution >= 4 is 35.1 Å². The van der Waals surface area contributed by atoms with Crippen LogP contribution in [0.1, 0.15) is 48.5 Å². The molecular weight excluding hydrogens is 386 g/mol. The largest absolute Gasteiger partial charge is 0.457 e. The van der Waals surface area contributed by atoms with Crippen LogP contribution in [0.3, 0.4) is 0 Å². The summed E-state index contributed by atoms with van der Waals surface area (Å²) in [6.45, 7) is 4.22. The zero-order valence-corrected chi connectivity index (χ0v) is 17.5. The number of nitrogens with zero attached hydrogens (tertiary/aromatic N) is 1. The van der Waals surface area contributed by atoms with Crippen molar-refractivity contribution in [2.45, 2.75) is 37.5 Å². The minimum Gasteiger partial charge on any atom is -0.457 e. The Bertz CT molecular complexity index is 894. The number of thioether (sulfide) groups is 1. The van der Waals surface area contributed by atoms with E-state index >= 15 is 0 Å². The third kappa shape index (κ3) is 5.26. The first-order valence-corrected chi connectivity index (χ1v) is 10.8. The predicted octanol–water partition coefficient (Wildman–Crippen LogP) is 4.46. The summed E-state index contributed by atoms with van der Waals surface area (Å²) < 4.78 is 5.14. The second-order valence-corrected chi connectivity index (χ2v) is 8.08. The molecule has 5 nitrogen and oxygen atoms in total. The fourth-order valence-corrected chi connectivity index (χ4v) is 4.07. The van der Waals surface area contributed by atoms with Crippen molar-refractivity contribution in [3.05, 3.63) is 59.7 Å². The quantitative estimate of drug-likeness (QED) is 0.474. The highest BCUT2D eigenvalue weighted by atomic mass is 32.2. The maximum atomic E-state index is 12.3. The number of hydrogen-bond acceptors (Lipinski definition) is 5. The van der Waals surface area contributed by atoms with E-state index in [-0.39, 0.29) is 31.3 Å². The van der Waals surface area contributed by atoms with Gasteiger partial charge in [0.2, 0.25) is 5.91 Å². The molecule has 0 unspecified atom stereocenters. The van der Waals surface area contributed by atoms with Crippen LogP contribution < -0.4 is 4.90 Å². The predicted molar refractivity (Wildman–Crippen MR) is 115 cm³/mol. The lowest BCUT2D eigenvalue weighted by atomic mass is 9.97. The number of rotatable bonds is 8. The van der Waals surface area contributed by atoms with Crippen molar-refractivity contribution in [1.82, 2.24) is 0 Å². The molecule has 3 rings (SSSR count). The van der Waals surface area contributed by atoms with E-state index in [9.17, 15) is 14.4 Å². The minimum atomic E-state index is -0.488. The van der Waals surface area contributed by atoms with Gasteiger partial charge in [0.15, 0.2) is 12.4 Å². The molecule has 1 atom stereocenters. The number of para-hydroxylation sites is 1. The summed E-state index contributed by atoms with van der Waals surface area (Å²) in [5.41, 5.74) is 2.53. The number of fused-ring (bicyclic) bond motifs is 1. The van der Waals surface area contributed by atoms with Crippen LogP contribution >= 0.6 is 11.8 Å². The highest BCUT2D eigenvalue weighted by molar-refractivity contribution is 8.00. The van der Waals surface area contributed by atoms with E-state index < -0.39 is 5.97 Å². The molecule has 152 valence electrons. The molecule has 1 aliphatic heterocycles. The Morgan fingerprint density at radius 1 is 1.14 bits per heavy atom. The normalized spacial score (nSPS) is 14.3. The molecule has 0 bridgehead atoms. The van der Waals surface area contributed by atoms with E-state index in [2.05, 4.69) is 13.8 Å². The number of hydrogen-bond donors (Lipinski definition) is 0. The first kappa shape index (κ1) is 21.1. The Morgan fingerprint density at radius 3 is 2.59 bits per heavy atom. The fraction of sp³-hybridized carbons (Fsp3) is 0.348. The topological polar surface area (TPSA) is 63.7 Å². The Morgan fingerprint density at radius 2 is 1.86 bits per heavy atom. The summed E-state index contributed by atoms with van der Waals surface area (Å²) in [7, 11) is 0. The van der Waals surface area contributed by atoms with Gasteiger partial charge in [-0.15, -0.1) is 11.8 Å². The van der Waals surface area contributed by atoms with E-state index in [1.54, 1.807) is 17.0 Å². The number of amides is 1. The van der Waals surface area contributed by atoms with Crippen LogP contribution in [0.15, 0.2) is 53.4 Å². The van der Waals surface area contributed by atoms with Gasteiger partial charge in [-0.2, -0.15) is 0 Å². The molecule has 1 heterocycles. The van der Waals surface area contributed by atoms with Gasteiger partial charge < -0.3 is 9.64 Å². The molecule has 0 radical (unpaired) electrons. The van der Waals surface area contributed by atoms with Crippen molar-refractivity contribution < 1.29 is 19.1 Å². The molecular formula is C23H25NO4S. The Kier molecular flexibility index (Phi) is 7.09. The van der Waals surface area contributed by atoms with E-state index in [4.69, 9.17) is 4.74 Å². The number of Topliss-reactive ketones (excluding diaryl/α,β-unsaturated/α-hetero) is 1. The average molecular weight is 412 g/mol. The molecule has 0 saturated carbocycles. The van der Waals surface area contributed by atoms with Crippen molar-refractivity contribution in [2.75, 3.05) is 23.8 Å². The number of anilines is 1. The molecule has 0 aromatic heterocycles. The van der Waals surface area contributed by atoms with Crippen molar-refractivity contribution in [3.63, 3.8) is 0 Å². The van der Waals surface area contributed by atoms with Gasteiger partial charge >= 0.3 is 5.97 Å². The van der Waals surface area contributed by atoms with Gasteiger partial charge in [0.1, 0.15) is 0 Å². The summed E-state index contributed by atoms with van der Waals surface area (Å²) in [5.74, 6) is 0.0527. The first-order chi connectivity index (χ1) is 14.0. The summed E-state index contributed by atoms with van der Waals surface area (Å²) >= 11 is 1.50. The monoisotopic (exact) mass is 411 g/mol. The van der Waals surface area contributed by atoms with E-state index in [0.29, 0.717) is 17.2 Å². The Balaban J connectivity index is 1.50. The summed E-state index contributed by atoms with van der Waals surface area (Å²) in [5, 5.41) is 0. The average Bonchev–Trinajstić information content (AvgIpc) is 2.76. The molecule has 1 aliphatic rings. The minimum absolute atomic E-state index is 0.0287. The van der Waals surface area contributed by atoms with Gasteiger partial charge in [-0.1, -0.05) is 50.2 Å². The van der Waals surface area contributed by atoms with Crippen LogP contribution in [0, 0.1) is 0 Å². The number of benzene rings is 2. The van der Waals surface area contributed by atoms with Crippen molar-refractivity contribution in [1.29, 1.82) is 0 Å². The number of ether oxygens (including phenoxy) is 1. The van der Waals surface area contributed by atoms with Gasteiger partial charge in [-0.25, -0.2) is 0 Å². The smallest absolute Gasteiger partial charge is 0.308 e. The zero-order valence-electron chi connectivity index (χ0n) is 16.7. The maximum absolute atomic E-state index is 12.3. The number of carbonyl (C=O) groups is 3. The third-order valence-corrected chi connectivity index (χ3v) is 6.17. The molecule has 2 aromatic carbocycles. The molecule has 0 aliphatic carbocycles. The zero-order chi connectivity index (χ0) is 20.8. The van der Waals surface area contributed by atoms with E-state index in [1.807, 2.05) is 36.4 Å². The van der Waals surface area contributed by atoms with Gasteiger partial charge in [-0.05, 0) is 30.0 Å². The first-order valence-electron chi connectivity index (χ1n) is 9.80. The second-order valence-electron chi connectivity index (χ2n) is 7.07. The highest BCUT2D eigenvalue weighted by Gasteiger charge is 2.25. The standard InChI is InChI=1S/C23H25NO4S/c1-3-16(2)17-8-10-18(11-9-17)20(25)14-28-23(27)12-13-24-19-6-4-5-7-21(19)29-15-22(24)26/h4-11,16H,3,12-15H2,1-2H3/t16-/m0/s1. The van der Waals surface area contributed by atoms with E-state index in [1.165, 1.54) is 17.3 Å². The van der Waals surface area contributed by atoms with Gasteiger partial charge in [0.25, 0.3) is 0 Å². The number of ketones is 1. The number of esters is 1. The Labute approximate surface area is 175 Å². The second kappa shape index (κ2) is 9.74.